The summed E-state index contributed by atoms with van der Waals surface area (Å²) in [4.78, 5) is 10.7. The van der Waals surface area contributed by atoms with Gasteiger partial charge in [0.2, 0.25) is 0 Å². The second kappa shape index (κ2) is 9.80. The van der Waals surface area contributed by atoms with E-state index in [4.69, 9.17) is 14.6 Å². The molecule has 0 bridgehead atoms. The summed E-state index contributed by atoms with van der Waals surface area (Å²) in [5, 5.41) is 15.4. The van der Waals surface area contributed by atoms with Crippen LogP contribution in [-0.4, -0.2) is 56.3 Å². The van der Waals surface area contributed by atoms with Crippen LogP contribution in [0.1, 0.15) is 12.6 Å². The normalized spacial score (nSPS) is 17.7. The fourth-order valence-electron chi connectivity index (χ4n) is 3.96. The smallest absolute Gasteiger partial charge is 0.435 e. The van der Waals surface area contributed by atoms with E-state index < -0.39 is 54.7 Å². The number of aliphatic imine (C=N–C) groups is 1. The van der Waals surface area contributed by atoms with Gasteiger partial charge in [-0.3, -0.25) is 4.68 Å². The third-order valence-electron chi connectivity index (χ3n) is 5.90. The van der Waals surface area contributed by atoms with E-state index in [1.54, 1.807) is 6.92 Å². The Hall–Kier alpha value is -4.27. The van der Waals surface area contributed by atoms with Crippen LogP contribution in [0.4, 0.5) is 32.0 Å². The first-order valence-electron chi connectivity index (χ1n) is 11.5. The minimum absolute atomic E-state index is 0.0737. The van der Waals surface area contributed by atoms with Crippen molar-refractivity contribution in [2.24, 2.45) is 4.99 Å². The number of nitrogens with zero attached hydrogens (tertiary/aromatic N) is 4. The predicted octanol–water partition coefficient (Wildman–Crippen LogP) is 5.03. The summed E-state index contributed by atoms with van der Waals surface area (Å²) in [6.07, 6.45) is -1.97. The molecule has 3 N–H and O–H groups in total. The fourth-order valence-corrected chi connectivity index (χ4v) is 3.96. The summed E-state index contributed by atoms with van der Waals surface area (Å²) in [6, 6.07) is 3.78. The minimum Gasteiger partial charge on any atom is -0.461 e. The number of aromatic amines is 1. The van der Waals surface area contributed by atoms with Crippen molar-refractivity contribution in [3.05, 3.63) is 54.0 Å². The molecular formula is C24H20F6N6O3. The molecule has 3 aromatic heterocycles. The van der Waals surface area contributed by atoms with Crippen molar-refractivity contribution >= 4 is 22.7 Å². The number of hydrogen-bond donors (Lipinski definition) is 3. The molecule has 1 aromatic carbocycles. The van der Waals surface area contributed by atoms with Crippen molar-refractivity contribution in [3.63, 3.8) is 0 Å². The summed E-state index contributed by atoms with van der Waals surface area (Å²) >= 11 is 0. The number of nitrogens with one attached hydrogen (secondary N) is 2. The van der Waals surface area contributed by atoms with Crippen LogP contribution in [0.2, 0.25) is 0 Å². The van der Waals surface area contributed by atoms with E-state index in [2.05, 4.69) is 25.4 Å². The average Bonchev–Trinajstić information content (AvgIpc) is 3.52. The number of fused-ring (bicyclic) bond motifs is 1. The van der Waals surface area contributed by atoms with E-state index in [0.717, 1.165) is 22.9 Å². The molecule has 0 saturated carbocycles. The Bertz CT molecular complexity index is 1540. The summed E-state index contributed by atoms with van der Waals surface area (Å²) < 4.78 is 95.7. The van der Waals surface area contributed by atoms with Crippen LogP contribution >= 0.6 is 0 Å². The second-order valence-electron chi connectivity index (χ2n) is 8.68. The van der Waals surface area contributed by atoms with Gasteiger partial charge < -0.3 is 24.9 Å². The maximum absolute atomic E-state index is 15.0. The Morgan fingerprint density at radius 2 is 1.97 bits per heavy atom. The number of hydrogen-bond acceptors (Lipinski definition) is 7. The average molecular weight is 554 g/mol. The van der Waals surface area contributed by atoms with Crippen molar-refractivity contribution in [1.82, 2.24) is 19.7 Å². The SMILES string of the molecule is CCn1nc(C(F)(F)F)cc1-c1c[nH]c2nccc(Oc3c(F)cc(NC4=NC[C@@](F)(CO)CO4)cc3F)c12. The van der Waals surface area contributed by atoms with Gasteiger partial charge in [-0.2, -0.15) is 18.3 Å². The zero-order chi connectivity index (χ0) is 27.9. The number of H-pyrrole nitrogens is 1. The van der Waals surface area contributed by atoms with Gasteiger partial charge in [-0.15, -0.1) is 0 Å². The lowest BCUT2D eigenvalue weighted by Gasteiger charge is -2.26. The van der Waals surface area contributed by atoms with E-state index in [9.17, 15) is 26.3 Å². The molecule has 4 heterocycles. The Balaban J connectivity index is 1.47. The number of aliphatic hydroxyl groups is 1. The molecule has 5 rings (SSSR count). The van der Waals surface area contributed by atoms with Crippen LogP contribution in [0.15, 0.2) is 41.7 Å². The molecule has 0 saturated heterocycles. The molecule has 1 aliphatic heterocycles. The Labute approximate surface area is 216 Å². The van der Waals surface area contributed by atoms with Crippen LogP contribution < -0.4 is 10.1 Å². The van der Waals surface area contributed by atoms with Crippen molar-refractivity contribution in [2.45, 2.75) is 25.3 Å². The van der Waals surface area contributed by atoms with Gasteiger partial charge in [0.15, 0.2) is 28.7 Å². The molecule has 206 valence electrons. The fraction of sp³-hybridized carbons (Fsp3) is 0.292. The molecule has 0 amide bonds. The van der Waals surface area contributed by atoms with Gasteiger partial charge >= 0.3 is 6.18 Å². The third-order valence-corrected chi connectivity index (χ3v) is 5.90. The number of aliphatic hydroxyl groups excluding tert-OH is 1. The van der Waals surface area contributed by atoms with Gasteiger partial charge in [-0.05, 0) is 19.1 Å². The molecule has 0 radical (unpaired) electrons. The monoisotopic (exact) mass is 554 g/mol. The summed E-state index contributed by atoms with van der Waals surface area (Å²) in [5.74, 6) is -3.10. The number of halogens is 6. The van der Waals surface area contributed by atoms with Crippen molar-refractivity contribution in [2.75, 3.05) is 25.1 Å². The molecule has 4 aromatic rings. The van der Waals surface area contributed by atoms with Gasteiger partial charge in [-0.25, -0.2) is 23.1 Å². The molecule has 1 aliphatic rings. The highest BCUT2D eigenvalue weighted by Crippen LogP contribution is 2.40. The topological polar surface area (TPSA) is 110 Å². The highest BCUT2D eigenvalue weighted by atomic mass is 19.4. The van der Waals surface area contributed by atoms with Gasteiger partial charge in [0.05, 0.1) is 24.2 Å². The van der Waals surface area contributed by atoms with Gasteiger partial charge in [0.1, 0.15) is 18.0 Å². The highest BCUT2D eigenvalue weighted by Gasteiger charge is 2.36. The lowest BCUT2D eigenvalue weighted by Crippen LogP contribution is -2.43. The number of aryl methyl sites for hydroxylation is 1. The molecule has 0 spiro atoms. The number of benzene rings is 1. The lowest BCUT2D eigenvalue weighted by molar-refractivity contribution is -0.141. The van der Waals surface area contributed by atoms with Crippen LogP contribution in [0.5, 0.6) is 11.5 Å². The van der Waals surface area contributed by atoms with E-state index in [0.29, 0.717) is 0 Å². The van der Waals surface area contributed by atoms with Gasteiger partial charge in [0, 0.05) is 42.3 Å². The second-order valence-corrected chi connectivity index (χ2v) is 8.68. The number of alkyl halides is 4. The highest BCUT2D eigenvalue weighted by molar-refractivity contribution is 5.97. The summed E-state index contributed by atoms with van der Waals surface area (Å²) in [5.41, 5.74) is -2.72. The first-order valence-corrected chi connectivity index (χ1v) is 11.5. The van der Waals surface area contributed by atoms with Crippen molar-refractivity contribution in [3.8, 4) is 22.8 Å². The molecule has 9 nitrogen and oxygen atoms in total. The first-order chi connectivity index (χ1) is 18.5. The van der Waals surface area contributed by atoms with Crippen molar-refractivity contribution in [1.29, 1.82) is 0 Å². The zero-order valence-electron chi connectivity index (χ0n) is 20.1. The number of aromatic nitrogens is 4. The molecule has 0 fully saturated rings. The van der Waals surface area contributed by atoms with Crippen molar-refractivity contribution < 1.29 is 40.9 Å². The largest absolute Gasteiger partial charge is 0.461 e. The Morgan fingerprint density at radius 1 is 1.23 bits per heavy atom. The standard InChI is InChI=1S/C24H20F6N6O3/c1-2-36-16(7-18(35-36)24(28,29)30)13-8-32-21-19(13)17(3-4-31-21)39-20-14(25)5-12(6-15(20)26)34-22-33-9-23(27,10-37)11-38-22/h3-8,37H,2,9-11H2,1H3,(H,31,32)(H,33,34)/t23-/m1/s1. The van der Waals surface area contributed by atoms with Crippen LogP contribution in [-0.2, 0) is 17.5 Å². The molecule has 1 atom stereocenters. The van der Waals surface area contributed by atoms with Gasteiger partial charge in [0.25, 0.3) is 6.02 Å². The van der Waals surface area contributed by atoms with Crippen LogP contribution in [0.25, 0.3) is 22.3 Å². The zero-order valence-corrected chi connectivity index (χ0v) is 20.1. The van der Waals surface area contributed by atoms with Gasteiger partial charge in [-0.1, -0.05) is 0 Å². The Kier molecular flexibility index (Phi) is 6.62. The number of pyridine rings is 1. The molecule has 0 unspecified atom stereocenters. The first kappa shape index (κ1) is 26.3. The quantitative estimate of drug-likeness (QED) is 0.289. The maximum Gasteiger partial charge on any atom is 0.435 e. The van der Waals surface area contributed by atoms with Crippen LogP contribution in [0.3, 0.4) is 0 Å². The van der Waals surface area contributed by atoms with Crippen LogP contribution in [0, 0.1) is 11.6 Å². The van der Waals surface area contributed by atoms with E-state index >= 15 is 0 Å². The molecule has 0 aliphatic carbocycles. The number of amidine groups is 1. The molecule has 39 heavy (non-hydrogen) atoms. The van der Waals surface area contributed by atoms with E-state index in [-0.39, 0.29) is 46.3 Å². The minimum atomic E-state index is -4.68. The summed E-state index contributed by atoms with van der Waals surface area (Å²) in [7, 11) is 0. The van der Waals surface area contributed by atoms with E-state index in [1.807, 2.05) is 0 Å². The summed E-state index contributed by atoms with van der Waals surface area (Å²) in [6.45, 7) is 0.0322. The number of rotatable bonds is 6. The Morgan fingerprint density at radius 3 is 2.59 bits per heavy atom. The molecular weight excluding hydrogens is 534 g/mol. The van der Waals surface area contributed by atoms with E-state index in [1.165, 1.54) is 18.5 Å². The number of anilines is 1. The third kappa shape index (κ3) is 5.08. The molecule has 15 heteroatoms. The number of ether oxygens (including phenoxy) is 2. The predicted molar refractivity (Wildman–Crippen MR) is 127 cm³/mol. The maximum atomic E-state index is 15.0. The lowest BCUT2D eigenvalue weighted by atomic mass is 10.1.